The Labute approximate surface area is 169 Å². The Morgan fingerprint density at radius 2 is 1.88 bits per heavy atom. The van der Waals surface area contributed by atoms with Gasteiger partial charge in [0, 0.05) is 20.1 Å². The molecule has 1 aliphatic heterocycles. The second-order valence-electron chi connectivity index (χ2n) is 6.76. The standard InChI is InChI=1S/C19H32N4O.HI/c1-15(2)13-21-19(20-3)22-14-18(23-10-5-6-11-23)16-8-7-9-17(12-16)24-4;/h7-9,12,15,18H,5-6,10-11,13-14H2,1-4H3,(H2,20,21,22);1H. The van der Waals surface area contributed by atoms with Crippen molar-refractivity contribution in [3.63, 3.8) is 0 Å². The van der Waals surface area contributed by atoms with Gasteiger partial charge in [-0.15, -0.1) is 24.0 Å². The minimum Gasteiger partial charge on any atom is -0.497 e. The van der Waals surface area contributed by atoms with Gasteiger partial charge in [-0.1, -0.05) is 26.0 Å². The van der Waals surface area contributed by atoms with Crippen molar-refractivity contribution >= 4 is 29.9 Å². The molecule has 1 atom stereocenters. The van der Waals surface area contributed by atoms with Crippen molar-refractivity contribution in [2.24, 2.45) is 10.9 Å². The summed E-state index contributed by atoms with van der Waals surface area (Å²) in [7, 11) is 3.55. The predicted molar refractivity (Wildman–Crippen MR) is 116 cm³/mol. The summed E-state index contributed by atoms with van der Waals surface area (Å²) in [6.45, 7) is 8.47. The van der Waals surface area contributed by atoms with Gasteiger partial charge in [-0.25, -0.2) is 0 Å². The van der Waals surface area contributed by atoms with Gasteiger partial charge in [-0.05, 0) is 49.5 Å². The van der Waals surface area contributed by atoms with Crippen LogP contribution in [0.5, 0.6) is 5.75 Å². The maximum atomic E-state index is 5.40. The first kappa shape index (κ1) is 22.0. The van der Waals surface area contributed by atoms with Crippen LogP contribution in [-0.2, 0) is 0 Å². The second kappa shape index (κ2) is 11.6. The smallest absolute Gasteiger partial charge is 0.191 e. The van der Waals surface area contributed by atoms with E-state index in [1.807, 2.05) is 13.1 Å². The Balaban J connectivity index is 0.00000312. The molecular weight excluding hydrogens is 427 g/mol. The molecule has 2 rings (SSSR count). The normalized spacial score (nSPS) is 16.4. The van der Waals surface area contributed by atoms with Gasteiger partial charge in [0.1, 0.15) is 5.75 Å². The Kier molecular flexibility index (Phi) is 10.2. The summed E-state index contributed by atoms with van der Waals surface area (Å²) in [6, 6.07) is 8.75. The van der Waals surface area contributed by atoms with E-state index in [4.69, 9.17) is 4.74 Å². The van der Waals surface area contributed by atoms with E-state index in [2.05, 4.69) is 52.6 Å². The van der Waals surface area contributed by atoms with Gasteiger partial charge in [-0.3, -0.25) is 9.89 Å². The molecule has 2 N–H and O–H groups in total. The Morgan fingerprint density at radius 3 is 2.48 bits per heavy atom. The maximum absolute atomic E-state index is 5.40. The molecule has 0 radical (unpaired) electrons. The number of guanidine groups is 1. The Morgan fingerprint density at radius 1 is 1.20 bits per heavy atom. The molecule has 0 bridgehead atoms. The van der Waals surface area contributed by atoms with Crippen molar-refractivity contribution in [1.82, 2.24) is 15.5 Å². The van der Waals surface area contributed by atoms with Gasteiger partial charge in [0.25, 0.3) is 0 Å². The number of methoxy groups -OCH3 is 1. The number of rotatable bonds is 7. The third-order valence-electron chi connectivity index (χ3n) is 4.42. The number of aliphatic imine (C=N–C) groups is 1. The third kappa shape index (κ3) is 7.01. The third-order valence-corrected chi connectivity index (χ3v) is 4.42. The zero-order chi connectivity index (χ0) is 17.4. The summed E-state index contributed by atoms with van der Waals surface area (Å²) in [6.07, 6.45) is 2.56. The fraction of sp³-hybridized carbons (Fsp3) is 0.632. The minimum atomic E-state index is 0. The molecule has 0 amide bonds. The van der Waals surface area contributed by atoms with E-state index in [0.717, 1.165) is 37.9 Å². The first-order valence-electron chi connectivity index (χ1n) is 8.96. The largest absolute Gasteiger partial charge is 0.497 e. The van der Waals surface area contributed by atoms with Crippen LogP contribution in [0.3, 0.4) is 0 Å². The van der Waals surface area contributed by atoms with E-state index >= 15 is 0 Å². The van der Waals surface area contributed by atoms with Crippen LogP contribution in [0, 0.1) is 5.92 Å². The van der Waals surface area contributed by atoms with Gasteiger partial charge in [-0.2, -0.15) is 0 Å². The highest BCUT2D eigenvalue weighted by molar-refractivity contribution is 14.0. The van der Waals surface area contributed by atoms with E-state index in [1.165, 1.54) is 18.4 Å². The van der Waals surface area contributed by atoms with Gasteiger partial charge in [0.15, 0.2) is 5.96 Å². The SMILES string of the molecule is CN=C(NCC(C)C)NCC(c1cccc(OC)c1)N1CCCC1.I. The van der Waals surface area contributed by atoms with Gasteiger partial charge in [0.2, 0.25) is 0 Å². The van der Waals surface area contributed by atoms with Crippen molar-refractivity contribution in [2.45, 2.75) is 32.7 Å². The average Bonchev–Trinajstić information content (AvgIpc) is 3.12. The number of benzene rings is 1. The van der Waals surface area contributed by atoms with Crippen LogP contribution in [0.25, 0.3) is 0 Å². The number of halogens is 1. The number of hydrogen-bond donors (Lipinski definition) is 2. The lowest BCUT2D eigenvalue weighted by atomic mass is 10.1. The zero-order valence-electron chi connectivity index (χ0n) is 15.9. The summed E-state index contributed by atoms with van der Waals surface area (Å²) >= 11 is 0. The Hall–Kier alpha value is -1.02. The van der Waals surface area contributed by atoms with Crippen molar-refractivity contribution in [3.8, 4) is 5.75 Å². The first-order valence-corrected chi connectivity index (χ1v) is 8.96. The highest BCUT2D eigenvalue weighted by Gasteiger charge is 2.24. The predicted octanol–water partition coefficient (Wildman–Crippen LogP) is 3.27. The van der Waals surface area contributed by atoms with Crippen LogP contribution in [0.4, 0.5) is 0 Å². The van der Waals surface area contributed by atoms with E-state index in [0.29, 0.717) is 12.0 Å². The lowest BCUT2D eigenvalue weighted by Crippen LogP contribution is -2.43. The van der Waals surface area contributed by atoms with Crippen molar-refractivity contribution in [3.05, 3.63) is 29.8 Å². The molecule has 1 unspecified atom stereocenters. The molecule has 1 aromatic carbocycles. The number of nitrogens with zero attached hydrogens (tertiary/aromatic N) is 2. The van der Waals surface area contributed by atoms with Crippen LogP contribution < -0.4 is 15.4 Å². The van der Waals surface area contributed by atoms with E-state index in [1.54, 1.807) is 7.11 Å². The van der Waals surface area contributed by atoms with Gasteiger partial charge < -0.3 is 15.4 Å². The number of likely N-dealkylation sites (tertiary alicyclic amines) is 1. The zero-order valence-corrected chi connectivity index (χ0v) is 18.2. The van der Waals surface area contributed by atoms with Crippen LogP contribution in [-0.4, -0.2) is 51.2 Å². The Bertz CT molecular complexity index is 530. The van der Waals surface area contributed by atoms with E-state index in [9.17, 15) is 0 Å². The molecule has 1 aromatic rings. The van der Waals surface area contributed by atoms with Crippen LogP contribution >= 0.6 is 24.0 Å². The van der Waals surface area contributed by atoms with Crippen LogP contribution in [0.2, 0.25) is 0 Å². The second-order valence-corrected chi connectivity index (χ2v) is 6.76. The van der Waals surface area contributed by atoms with Crippen LogP contribution in [0.15, 0.2) is 29.3 Å². The molecule has 1 fully saturated rings. The minimum absolute atomic E-state index is 0. The maximum Gasteiger partial charge on any atom is 0.191 e. The number of ether oxygens (including phenoxy) is 1. The summed E-state index contributed by atoms with van der Waals surface area (Å²) in [5.41, 5.74) is 1.29. The lowest BCUT2D eigenvalue weighted by Gasteiger charge is -2.29. The molecule has 0 aromatic heterocycles. The monoisotopic (exact) mass is 460 g/mol. The average molecular weight is 460 g/mol. The summed E-state index contributed by atoms with van der Waals surface area (Å²) < 4.78 is 5.40. The molecule has 0 saturated carbocycles. The highest BCUT2D eigenvalue weighted by Crippen LogP contribution is 2.27. The topological polar surface area (TPSA) is 48.9 Å². The molecule has 0 aliphatic carbocycles. The fourth-order valence-corrected chi connectivity index (χ4v) is 3.07. The molecule has 142 valence electrons. The van der Waals surface area contributed by atoms with Crippen LogP contribution in [0.1, 0.15) is 38.3 Å². The molecule has 6 heteroatoms. The van der Waals surface area contributed by atoms with Crippen molar-refractivity contribution in [1.29, 1.82) is 0 Å². The van der Waals surface area contributed by atoms with Crippen molar-refractivity contribution in [2.75, 3.05) is 40.3 Å². The molecule has 1 heterocycles. The van der Waals surface area contributed by atoms with Gasteiger partial charge >= 0.3 is 0 Å². The van der Waals surface area contributed by atoms with E-state index < -0.39 is 0 Å². The lowest BCUT2D eigenvalue weighted by molar-refractivity contribution is 0.245. The van der Waals surface area contributed by atoms with Crippen molar-refractivity contribution < 1.29 is 4.74 Å². The molecule has 1 aliphatic rings. The molecule has 5 nitrogen and oxygen atoms in total. The number of nitrogens with one attached hydrogen (secondary N) is 2. The summed E-state index contributed by atoms with van der Waals surface area (Å²) in [5.74, 6) is 2.38. The fourth-order valence-electron chi connectivity index (χ4n) is 3.07. The summed E-state index contributed by atoms with van der Waals surface area (Å²) in [5, 5.41) is 6.88. The highest BCUT2D eigenvalue weighted by atomic mass is 127. The summed E-state index contributed by atoms with van der Waals surface area (Å²) in [4.78, 5) is 6.89. The molecule has 0 spiro atoms. The number of hydrogen-bond acceptors (Lipinski definition) is 3. The molecule has 25 heavy (non-hydrogen) atoms. The van der Waals surface area contributed by atoms with E-state index in [-0.39, 0.29) is 24.0 Å². The first-order chi connectivity index (χ1) is 11.6. The molecule has 1 saturated heterocycles. The van der Waals surface area contributed by atoms with Gasteiger partial charge in [0.05, 0.1) is 13.2 Å². The molecular formula is C19H33IN4O. The quantitative estimate of drug-likeness (QED) is 0.373.